The summed E-state index contributed by atoms with van der Waals surface area (Å²) in [6.07, 6.45) is 14.0. The zero-order chi connectivity index (χ0) is 22.6. The number of ether oxygens (including phenoxy) is 1. The molecule has 1 aromatic carbocycles. The fourth-order valence-corrected chi connectivity index (χ4v) is 5.23. The van der Waals surface area contributed by atoms with Gasteiger partial charge in [0.2, 0.25) is 0 Å². The molecule has 0 saturated heterocycles. The first-order valence-corrected chi connectivity index (χ1v) is 12.6. The SMILES string of the molecule is COc1cc(C)ccc1CCC(=O)CCc1nnc(CCC2(C)CCCCC2)n1C1CC1. The van der Waals surface area contributed by atoms with E-state index in [1.807, 2.05) is 6.07 Å². The van der Waals surface area contributed by atoms with E-state index in [-0.39, 0.29) is 5.78 Å². The first-order valence-electron chi connectivity index (χ1n) is 12.6. The van der Waals surface area contributed by atoms with Gasteiger partial charge < -0.3 is 9.30 Å². The van der Waals surface area contributed by atoms with E-state index in [2.05, 4.69) is 40.7 Å². The normalized spacial score (nSPS) is 18.0. The molecule has 2 saturated carbocycles. The summed E-state index contributed by atoms with van der Waals surface area (Å²) in [7, 11) is 1.69. The predicted molar refractivity (Wildman–Crippen MR) is 127 cm³/mol. The molecule has 2 aliphatic rings. The van der Waals surface area contributed by atoms with Crippen LogP contribution >= 0.6 is 0 Å². The minimum atomic E-state index is 0.286. The number of rotatable bonds is 11. The highest BCUT2D eigenvalue weighted by atomic mass is 16.5. The van der Waals surface area contributed by atoms with Crippen LogP contribution in [-0.4, -0.2) is 27.7 Å². The zero-order valence-electron chi connectivity index (χ0n) is 20.2. The average Bonchev–Trinajstić information content (AvgIpc) is 3.55. The quantitative estimate of drug-likeness (QED) is 0.435. The van der Waals surface area contributed by atoms with Crippen molar-refractivity contribution in [1.29, 1.82) is 0 Å². The number of ketones is 1. The van der Waals surface area contributed by atoms with Crippen molar-refractivity contribution in [2.45, 2.75) is 103 Å². The molecule has 4 rings (SSSR count). The molecule has 0 aliphatic heterocycles. The molecule has 174 valence electrons. The Morgan fingerprint density at radius 1 is 1.06 bits per heavy atom. The molecule has 5 heteroatoms. The number of benzene rings is 1. The van der Waals surface area contributed by atoms with E-state index in [9.17, 15) is 4.79 Å². The van der Waals surface area contributed by atoms with Crippen molar-refractivity contribution < 1.29 is 9.53 Å². The van der Waals surface area contributed by atoms with Crippen molar-refractivity contribution in [2.75, 3.05) is 7.11 Å². The Hall–Kier alpha value is -2.17. The van der Waals surface area contributed by atoms with E-state index in [1.54, 1.807) is 7.11 Å². The molecule has 2 aliphatic carbocycles. The second-order valence-electron chi connectivity index (χ2n) is 10.4. The van der Waals surface area contributed by atoms with Crippen LogP contribution in [0, 0.1) is 12.3 Å². The molecule has 1 aromatic heterocycles. The summed E-state index contributed by atoms with van der Waals surface area (Å²) >= 11 is 0. The molecule has 1 heterocycles. The molecule has 0 unspecified atom stereocenters. The Bertz CT molecular complexity index is 923. The van der Waals surface area contributed by atoms with Crippen LogP contribution in [0.1, 0.15) is 99.9 Å². The summed E-state index contributed by atoms with van der Waals surface area (Å²) in [5, 5.41) is 9.11. The van der Waals surface area contributed by atoms with Gasteiger partial charge in [-0.1, -0.05) is 38.3 Å². The van der Waals surface area contributed by atoms with Gasteiger partial charge in [-0.15, -0.1) is 10.2 Å². The average molecular weight is 438 g/mol. The lowest BCUT2D eigenvalue weighted by atomic mass is 9.73. The number of carbonyl (C=O) groups is 1. The number of methoxy groups -OCH3 is 1. The maximum atomic E-state index is 12.6. The van der Waals surface area contributed by atoms with Crippen LogP contribution in [0.5, 0.6) is 5.75 Å². The summed E-state index contributed by atoms with van der Waals surface area (Å²) in [4.78, 5) is 12.6. The number of hydrogen-bond acceptors (Lipinski definition) is 4. The summed E-state index contributed by atoms with van der Waals surface area (Å²) in [5.74, 6) is 3.32. The molecule has 5 nitrogen and oxygen atoms in total. The monoisotopic (exact) mass is 437 g/mol. The van der Waals surface area contributed by atoms with Gasteiger partial charge in [-0.3, -0.25) is 4.79 Å². The lowest BCUT2D eigenvalue weighted by Gasteiger charge is -2.33. The maximum Gasteiger partial charge on any atom is 0.133 e. The van der Waals surface area contributed by atoms with E-state index < -0.39 is 0 Å². The molecule has 0 N–H and O–H groups in total. The minimum Gasteiger partial charge on any atom is -0.496 e. The van der Waals surface area contributed by atoms with Crippen molar-refractivity contribution in [1.82, 2.24) is 14.8 Å². The molecule has 2 aromatic rings. The van der Waals surface area contributed by atoms with Crippen LogP contribution in [-0.2, 0) is 24.1 Å². The van der Waals surface area contributed by atoms with Gasteiger partial charge in [-0.2, -0.15) is 0 Å². The highest BCUT2D eigenvalue weighted by Gasteiger charge is 2.31. The van der Waals surface area contributed by atoms with Crippen molar-refractivity contribution in [3.05, 3.63) is 41.0 Å². The largest absolute Gasteiger partial charge is 0.496 e. The zero-order valence-corrected chi connectivity index (χ0v) is 20.2. The number of aryl methyl sites for hydroxylation is 4. The number of Topliss-reactive ketones (excluding diaryl/α,β-unsaturated/α-hetero) is 1. The summed E-state index contributed by atoms with van der Waals surface area (Å²) < 4.78 is 7.86. The van der Waals surface area contributed by atoms with Crippen LogP contribution in [0.4, 0.5) is 0 Å². The number of hydrogen-bond donors (Lipinski definition) is 0. The summed E-state index contributed by atoms with van der Waals surface area (Å²) in [6, 6.07) is 6.74. The molecule has 2 fully saturated rings. The third kappa shape index (κ3) is 5.79. The first kappa shape index (κ1) is 23.0. The molecular weight excluding hydrogens is 398 g/mol. The highest BCUT2D eigenvalue weighted by Crippen LogP contribution is 2.41. The Kier molecular flexibility index (Phi) is 7.32. The van der Waals surface area contributed by atoms with Gasteiger partial charge in [0.25, 0.3) is 0 Å². The Labute approximate surface area is 193 Å². The summed E-state index contributed by atoms with van der Waals surface area (Å²) in [6.45, 7) is 4.50. The van der Waals surface area contributed by atoms with E-state index >= 15 is 0 Å². The Balaban J connectivity index is 1.32. The van der Waals surface area contributed by atoms with E-state index in [4.69, 9.17) is 4.74 Å². The second-order valence-corrected chi connectivity index (χ2v) is 10.4. The fourth-order valence-electron chi connectivity index (χ4n) is 5.23. The van der Waals surface area contributed by atoms with Gasteiger partial charge >= 0.3 is 0 Å². The van der Waals surface area contributed by atoms with Crippen molar-refractivity contribution in [3.63, 3.8) is 0 Å². The topological polar surface area (TPSA) is 57.0 Å². The van der Waals surface area contributed by atoms with Crippen molar-refractivity contribution in [2.24, 2.45) is 5.41 Å². The van der Waals surface area contributed by atoms with Crippen LogP contribution < -0.4 is 4.74 Å². The molecule has 0 amide bonds. The minimum absolute atomic E-state index is 0.286. The van der Waals surface area contributed by atoms with E-state index in [0.29, 0.717) is 30.7 Å². The lowest BCUT2D eigenvalue weighted by molar-refractivity contribution is -0.119. The van der Waals surface area contributed by atoms with Crippen molar-refractivity contribution >= 4 is 5.78 Å². The number of aromatic nitrogens is 3. The van der Waals surface area contributed by atoms with Gasteiger partial charge in [0, 0.05) is 31.7 Å². The summed E-state index contributed by atoms with van der Waals surface area (Å²) in [5.41, 5.74) is 2.74. The van der Waals surface area contributed by atoms with Crippen LogP contribution in [0.2, 0.25) is 0 Å². The van der Waals surface area contributed by atoms with Crippen LogP contribution in [0.15, 0.2) is 18.2 Å². The van der Waals surface area contributed by atoms with Gasteiger partial charge in [0.15, 0.2) is 0 Å². The van der Waals surface area contributed by atoms with Gasteiger partial charge in [0.1, 0.15) is 23.2 Å². The maximum absolute atomic E-state index is 12.6. The third-order valence-corrected chi connectivity index (χ3v) is 7.51. The fraction of sp³-hybridized carbons (Fsp3) is 0.667. The Morgan fingerprint density at radius 2 is 1.75 bits per heavy atom. The molecule has 0 bridgehead atoms. The molecular formula is C27H39N3O2. The van der Waals surface area contributed by atoms with Crippen LogP contribution in [0.25, 0.3) is 0 Å². The smallest absolute Gasteiger partial charge is 0.133 e. The van der Waals surface area contributed by atoms with Crippen LogP contribution in [0.3, 0.4) is 0 Å². The molecule has 0 spiro atoms. The predicted octanol–water partition coefficient (Wildman–Crippen LogP) is 5.97. The first-order chi connectivity index (χ1) is 15.5. The molecule has 0 radical (unpaired) electrons. The highest BCUT2D eigenvalue weighted by molar-refractivity contribution is 5.78. The van der Waals surface area contributed by atoms with Gasteiger partial charge in [-0.25, -0.2) is 0 Å². The number of carbonyl (C=O) groups excluding carboxylic acids is 1. The van der Waals surface area contributed by atoms with Gasteiger partial charge in [0.05, 0.1) is 7.11 Å². The molecule has 0 atom stereocenters. The Morgan fingerprint density at radius 3 is 2.44 bits per heavy atom. The molecule has 32 heavy (non-hydrogen) atoms. The third-order valence-electron chi connectivity index (χ3n) is 7.51. The van der Waals surface area contributed by atoms with Gasteiger partial charge in [-0.05, 0) is 68.1 Å². The van der Waals surface area contributed by atoms with E-state index in [0.717, 1.165) is 35.8 Å². The standard InChI is InChI=1S/C27H39N3O2/c1-20-7-8-21(24(19-20)32-3)9-12-23(31)13-14-25-28-29-26(30(25)22-10-11-22)15-18-27(2)16-5-4-6-17-27/h7-8,19,22H,4-6,9-18H2,1-3H3. The van der Waals surface area contributed by atoms with Crippen molar-refractivity contribution in [3.8, 4) is 5.75 Å². The number of nitrogens with zero attached hydrogens (tertiary/aromatic N) is 3. The lowest BCUT2D eigenvalue weighted by Crippen LogP contribution is -2.21. The van der Waals surface area contributed by atoms with E-state index in [1.165, 1.54) is 56.9 Å². The second kappa shape index (κ2) is 10.2.